The minimum atomic E-state index is 0.250. The number of carbonyl (C=O) groups excluding carboxylic acids is 2. The lowest BCUT2D eigenvalue weighted by atomic mass is 11.3. The molecule has 36 valence electrons. The highest BCUT2D eigenvalue weighted by atomic mass is 16.2. The van der Waals surface area contributed by atoms with Crippen LogP contribution in [0.3, 0.4) is 0 Å². The average molecular weight is 89.1 g/mol. The number of nitrogens with one attached hydrogen (secondary N) is 1. The Labute approximate surface area is 36.3 Å². The summed E-state index contributed by atoms with van der Waals surface area (Å²) in [6.45, 7) is 0. The van der Waals surface area contributed by atoms with E-state index in [0.29, 0.717) is 0 Å². The van der Waals surface area contributed by atoms with Crippen molar-refractivity contribution in [3.63, 3.8) is 0 Å². The SMILES string of the molecule is CNC.O=C=O. The van der Waals surface area contributed by atoms with Crippen molar-refractivity contribution >= 4 is 6.15 Å². The lowest BCUT2D eigenvalue weighted by Crippen LogP contribution is -1.89. The predicted octanol–water partition coefficient (Wildman–Crippen LogP) is -0.748. The molecule has 0 aliphatic carbocycles. The van der Waals surface area contributed by atoms with Gasteiger partial charge in [-0.25, -0.2) is 0 Å². The van der Waals surface area contributed by atoms with Crippen LogP contribution in [0.15, 0.2) is 0 Å². The van der Waals surface area contributed by atoms with Crippen LogP contribution in [0, 0.1) is 0 Å². The first kappa shape index (κ1) is 9.02. The van der Waals surface area contributed by atoms with E-state index in [9.17, 15) is 0 Å². The highest BCUT2D eigenvalue weighted by Gasteiger charge is 1.25. The number of hydrogen-bond donors (Lipinski definition) is 1. The van der Waals surface area contributed by atoms with Crippen LogP contribution in [-0.4, -0.2) is 20.2 Å². The van der Waals surface area contributed by atoms with Gasteiger partial charge < -0.3 is 5.32 Å². The molecule has 0 rings (SSSR count). The molecule has 0 fully saturated rings. The van der Waals surface area contributed by atoms with E-state index in [1.165, 1.54) is 0 Å². The van der Waals surface area contributed by atoms with Gasteiger partial charge in [-0.1, -0.05) is 0 Å². The third kappa shape index (κ3) is 42.0. The van der Waals surface area contributed by atoms with Crippen molar-refractivity contribution in [2.75, 3.05) is 14.1 Å². The molecule has 0 heterocycles. The minimum absolute atomic E-state index is 0.250. The Kier molecular flexibility index (Phi) is 40.5. The summed E-state index contributed by atoms with van der Waals surface area (Å²) in [7, 11) is 3.75. The Morgan fingerprint density at radius 3 is 1.33 bits per heavy atom. The largest absolute Gasteiger partial charge is 0.373 e. The van der Waals surface area contributed by atoms with Crippen molar-refractivity contribution in [1.82, 2.24) is 5.32 Å². The summed E-state index contributed by atoms with van der Waals surface area (Å²) in [5, 5.41) is 2.75. The lowest BCUT2D eigenvalue weighted by Gasteiger charge is -1.59. The summed E-state index contributed by atoms with van der Waals surface area (Å²) in [5.74, 6) is 0. The zero-order valence-electron chi connectivity index (χ0n) is 3.82. The van der Waals surface area contributed by atoms with Crippen molar-refractivity contribution in [3.8, 4) is 0 Å². The quantitative estimate of drug-likeness (QED) is 0.425. The van der Waals surface area contributed by atoms with E-state index in [4.69, 9.17) is 9.59 Å². The van der Waals surface area contributed by atoms with Gasteiger partial charge in [-0.3, -0.25) is 0 Å². The van der Waals surface area contributed by atoms with E-state index >= 15 is 0 Å². The van der Waals surface area contributed by atoms with E-state index in [-0.39, 0.29) is 6.15 Å². The molecule has 3 heteroatoms. The van der Waals surface area contributed by atoms with Gasteiger partial charge in [-0.15, -0.1) is 0 Å². The molecule has 0 radical (unpaired) electrons. The fraction of sp³-hybridized carbons (Fsp3) is 0.667. The molecule has 3 nitrogen and oxygen atoms in total. The summed E-state index contributed by atoms with van der Waals surface area (Å²) >= 11 is 0. The van der Waals surface area contributed by atoms with Crippen LogP contribution in [0.2, 0.25) is 0 Å². The number of rotatable bonds is 0. The van der Waals surface area contributed by atoms with Crippen molar-refractivity contribution in [2.45, 2.75) is 0 Å². The summed E-state index contributed by atoms with van der Waals surface area (Å²) in [6, 6.07) is 0. The minimum Gasteiger partial charge on any atom is -0.323 e. The molecule has 0 aliphatic heterocycles. The molecule has 6 heavy (non-hydrogen) atoms. The topological polar surface area (TPSA) is 46.2 Å². The van der Waals surface area contributed by atoms with Gasteiger partial charge in [-0.2, -0.15) is 9.59 Å². The molecule has 0 atom stereocenters. The molecule has 0 amide bonds. The molecule has 0 saturated heterocycles. The van der Waals surface area contributed by atoms with Crippen molar-refractivity contribution < 1.29 is 9.59 Å². The zero-order valence-corrected chi connectivity index (χ0v) is 3.82. The van der Waals surface area contributed by atoms with Gasteiger partial charge in [-0.05, 0) is 14.1 Å². The molecule has 0 bridgehead atoms. The summed E-state index contributed by atoms with van der Waals surface area (Å²) in [6.07, 6.45) is 0.250. The third-order valence-electron chi connectivity index (χ3n) is 0. The first-order valence-corrected chi connectivity index (χ1v) is 1.41. The molecule has 0 aromatic heterocycles. The number of hydrogen-bond acceptors (Lipinski definition) is 3. The van der Waals surface area contributed by atoms with Gasteiger partial charge in [0, 0.05) is 0 Å². The van der Waals surface area contributed by atoms with E-state index in [2.05, 4.69) is 5.32 Å². The summed E-state index contributed by atoms with van der Waals surface area (Å²) in [4.78, 5) is 16.2. The van der Waals surface area contributed by atoms with E-state index < -0.39 is 0 Å². The van der Waals surface area contributed by atoms with Gasteiger partial charge in [0.1, 0.15) is 0 Å². The fourth-order valence-corrected chi connectivity index (χ4v) is 0. The molecule has 1 N–H and O–H groups in total. The Morgan fingerprint density at radius 1 is 1.33 bits per heavy atom. The second-order valence-corrected chi connectivity index (χ2v) is 0.583. The van der Waals surface area contributed by atoms with Crippen molar-refractivity contribution in [1.29, 1.82) is 0 Å². The normalized spacial score (nSPS) is 4.33. The standard InChI is InChI=1S/C2H7N.CO2/c1-3-2;2-1-3/h3H,1-2H3;. The second-order valence-electron chi connectivity index (χ2n) is 0.583. The predicted molar refractivity (Wildman–Crippen MR) is 20.0 cm³/mol. The van der Waals surface area contributed by atoms with Crippen LogP contribution in [-0.2, 0) is 9.59 Å². The van der Waals surface area contributed by atoms with Crippen LogP contribution in [0.5, 0.6) is 0 Å². The summed E-state index contributed by atoms with van der Waals surface area (Å²) in [5.41, 5.74) is 0. The van der Waals surface area contributed by atoms with Crippen molar-refractivity contribution in [3.05, 3.63) is 0 Å². The smallest absolute Gasteiger partial charge is 0.323 e. The molecule has 0 aromatic carbocycles. The maximum absolute atomic E-state index is 8.12. The van der Waals surface area contributed by atoms with E-state index in [0.717, 1.165) is 0 Å². The average Bonchev–Trinajstić information content (AvgIpc) is 1.39. The highest BCUT2D eigenvalue weighted by molar-refractivity contribution is 5.20. The first-order chi connectivity index (χ1) is 2.83. The van der Waals surface area contributed by atoms with Gasteiger partial charge >= 0.3 is 6.15 Å². The Hall–Kier alpha value is -0.660. The van der Waals surface area contributed by atoms with Crippen LogP contribution in [0.4, 0.5) is 0 Å². The maximum atomic E-state index is 8.12. The molecular weight excluding hydrogens is 82.0 g/mol. The molecular formula is C3H7NO2. The van der Waals surface area contributed by atoms with Crippen LogP contribution < -0.4 is 5.32 Å². The molecule has 0 saturated carbocycles. The van der Waals surface area contributed by atoms with Gasteiger partial charge in [0.25, 0.3) is 0 Å². The van der Waals surface area contributed by atoms with Crippen LogP contribution >= 0.6 is 0 Å². The molecule has 0 aromatic rings. The Bertz CT molecular complexity index is 38.1. The van der Waals surface area contributed by atoms with Crippen molar-refractivity contribution in [2.24, 2.45) is 0 Å². The molecule has 0 unspecified atom stereocenters. The Balaban J connectivity index is 0. The van der Waals surface area contributed by atoms with Gasteiger partial charge in [0.2, 0.25) is 0 Å². The van der Waals surface area contributed by atoms with Gasteiger partial charge in [0.05, 0.1) is 0 Å². The van der Waals surface area contributed by atoms with Crippen LogP contribution in [0.1, 0.15) is 0 Å². The Morgan fingerprint density at radius 2 is 1.33 bits per heavy atom. The third-order valence-corrected chi connectivity index (χ3v) is 0. The monoisotopic (exact) mass is 89.0 g/mol. The highest BCUT2D eigenvalue weighted by Crippen LogP contribution is 0.981. The zero-order chi connectivity index (χ0) is 5.41. The lowest BCUT2D eigenvalue weighted by molar-refractivity contribution is -0.191. The van der Waals surface area contributed by atoms with Gasteiger partial charge in [0.15, 0.2) is 0 Å². The van der Waals surface area contributed by atoms with E-state index in [1.807, 2.05) is 14.1 Å². The first-order valence-electron chi connectivity index (χ1n) is 1.41. The molecule has 0 aliphatic rings. The maximum Gasteiger partial charge on any atom is 0.373 e. The van der Waals surface area contributed by atoms with Crippen LogP contribution in [0.25, 0.3) is 0 Å². The fourth-order valence-electron chi connectivity index (χ4n) is 0. The molecule has 0 spiro atoms. The second kappa shape index (κ2) is 27.0. The van der Waals surface area contributed by atoms with E-state index in [1.54, 1.807) is 0 Å². The summed E-state index contributed by atoms with van der Waals surface area (Å²) < 4.78 is 0.